The predicted molar refractivity (Wildman–Crippen MR) is 59.0 cm³/mol. The van der Waals surface area contributed by atoms with Crippen LogP contribution in [-0.4, -0.2) is 17.1 Å². The van der Waals surface area contributed by atoms with Crippen LogP contribution in [-0.2, 0) is 6.18 Å². The molecular formula is C12H9F3N2O. The predicted octanol–water partition coefficient (Wildman–Crippen LogP) is 3.17. The molecule has 0 spiro atoms. The van der Waals surface area contributed by atoms with Crippen molar-refractivity contribution in [3.63, 3.8) is 0 Å². The Kier molecular flexibility index (Phi) is 3.18. The summed E-state index contributed by atoms with van der Waals surface area (Å²) >= 11 is 0. The molecule has 0 aliphatic rings. The first kappa shape index (κ1) is 12.3. The second-order valence-corrected chi connectivity index (χ2v) is 3.50. The molecule has 94 valence electrons. The van der Waals surface area contributed by atoms with Gasteiger partial charge in [0.25, 0.3) is 0 Å². The van der Waals surface area contributed by atoms with Crippen molar-refractivity contribution in [1.82, 2.24) is 9.97 Å². The van der Waals surface area contributed by atoms with Crippen LogP contribution in [0.3, 0.4) is 0 Å². The van der Waals surface area contributed by atoms with Crippen LogP contribution < -0.4 is 4.74 Å². The van der Waals surface area contributed by atoms with Gasteiger partial charge in [-0.3, -0.25) is 0 Å². The number of methoxy groups -OCH3 is 1. The van der Waals surface area contributed by atoms with E-state index in [1.165, 1.54) is 25.4 Å². The summed E-state index contributed by atoms with van der Waals surface area (Å²) in [5.41, 5.74) is -0.198. The fourth-order valence-electron chi connectivity index (χ4n) is 1.40. The van der Waals surface area contributed by atoms with Gasteiger partial charge < -0.3 is 4.74 Å². The number of nitrogens with zero attached hydrogens (tertiary/aromatic N) is 2. The molecule has 1 heterocycles. The van der Waals surface area contributed by atoms with Crippen LogP contribution >= 0.6 is 0 Å². The lowest BCUT2D eigenvalue weighted by Crippen LogP contribution is -2.04. The van der Waals surface area contributed by atoms with E-state index in [4.69, 9.17) is 4.74 Å². The van der Waals surface area contributed by atoms with Crippen molar-refractivity contribution in [2.45, 2.75) is 6.18 Å². The highest BCUT2D eigenvalue weighted by Crippen LogP contribution is 2.30. The summed E-state index contributed by atoms with van der Waals surface area (Å²) in [6, 6.07) is 6.22. The number of halogens is 3. The highest BCUT2D eigenvalue weighted by Gasteiger charge is 2.30. The average molecular weight is 254 g/mol. The maximum atomic E-state index is 12.4. The van der Waals surface area contributed by atoms with E-state index < -0.39 is 11.7 Å². The van der Waals surface area contributed by atoms with Crippen LogP contribution in [0.2, 0.25) is 0 Å². The third kappa shape index (κ3) is 2.58. The van der Waals surface area contributed by atoms with E-state index in [9.17, 15) is 13.2 Å². The average Bonchev–Trinajstić information content (AvgIpc) is 2.38. The molecule has 0 aliphatic heterocycles. The Morgan fingerprint density at radius 2 is 1.72 bits per heavy atom. The van der Waals surface area contributed by atoms with Crippen molar-refractivity contribution in [2.75, 3.05) is 7.11 Å². The number of aromatic nitrogens is 2. The smallest absolute Gasteiger partial charge is 0.416 e. The van der Waals surface area contributed by atoms with E-state index in [0.717, 1.165) is 12.1 Å². The van der Waals surface area contributed by atoms with Crippen molar-refractivity contribution < 1.29 is 17.9 Å². The first-order chi connectivity index (χ1) is 8.50. The van der Waals surface area contributed by atoms with Crippen molar-refractivity contribution >= 4 is 0 Å². The lowest BCUT2D eigenvalue weighted by atomic mass is 10.1. The Morgan fingerprint density at radius 1 is 1.06 bits per heavy atom. The number of hydrogen-bond acceptors (Lipinski definition) is 3. The molecule has 0 fully saturated rings. The molecule has 0 saturated carbocycles. The summed E-state index contributed by atoms with van der Waals surface area (Å²) in [4.78, 5) is 8.02. The molecule has 18 heavy (non-hydrogen) atoms. The van der Waals surface area contributed by atoms with Crippen LogP contribution in [0.5, 0.6) is 5.88 Å². The zero-order valence-electron chi connectivity index (χ0n) is 9.40. The van der Waals surface area contributed by atoms with Gasteiger partial charge in [-0.05, 0) is 12.1 Å². The van der Waals surface area contributed by atoms with E-state index in [1.54, 1.807) is 6.07 Å². The molecule has 0 amide bonds. The summed E-state index contributed by atoms with van der Waals surface area (Å²) < 4.78 is 42.1. The minimum Gasteiger partial charge on any atom is -0.481 e. The monoisotopic (exact) mass is 254 g/mol. The van der Waals surface area contributed by atoms with Gasteiger partial charge in [-0.2, -0.15) is 18.2 Å². The topological polar surface area (TPSA) is 35.0 Å². The Bertz CT molecular complexity index is 538. The van der Waals surface area contributed by atoms with Crippen LogP contribution in [0.1, 0.15) is 5.56 Å². The molecular weight excluding hydrogens is 245 g/mol. The van der Waals surface area contributed by atoms with Gasteiger partial charge in [0.2, 0.25) is 5.88 Å². The minimum absolute atomic E-state index is 0.322. The lowest BCUT2D eigenvalue weighted by Gasteiger charge is -2.07. The fourth-order valence-corrected chi connectivity index (χ4v) is 1.40. The van der Waals surface area contributed by atoms with Crippen LogP contribution in [0.15, 0.2) is 36.5 Å². The van der Waals surface area contributed by atoms with E-state index >= 15 is 0 Å². The van der Waals surface area contributed by atoms with Gasteiger partial charge in [0.1, 0.15) is 0 Å². The van der Waals surface area contributed by atoms with Gasteiger partial charge in [-0.25, -0.2) is 4.98 Å². The van der Waals surface area contributed by atoms with Gasteiger partial charge in [-0.1, -0.05) is 12.1 Å². The number of benzene rings is 1. The molecule has 0 atom stereocenters. The molecule has 0 bridgehead atoms. The third-order valence-corrected chi connectivity index (χ3v) is 2.31. The summed E-state index contributed by atoms with van der Waals surface area (Å²) in [5.74, 6) is 0.683. The molecule has 1 aromatic heterocycles. The molecule has 2 rings (SSSR count). The molecule has 3 nitrogen and oxygen atoms in total. The van der Waals surface area contributed by atoms with Crippen LogP contribution in [0.25, 0.3) is 11.4 Å². The summed E-state index contributed by atoms with van der Waals surface area (Å²) in [7, 11) is 1.46. The summed E-state index contributed by atoms with van der Waals surface area (Å²) in [6.07, 6.45) is -2.85. The van der Waals surface area contributed by atoms with Gasteiger partial charge in [-0.15, -0.1) is 0 Å². The van der Waals surface area contributed by atoms with Crippen molar-refractivity contribution in [3.8, 4) is 17.3 Å². The zero-order chi connectivity index (χ0) is 13.2. The molecule has 1 aromatic carbocycles. The van der Waals surface area contributed by atoms with Crippen molar-refractivity contribution in [1.29, 1.82) is 0 Å². The second kappa shape index (κ2) is 4.64. The molecule has 0 aliphatic carbocycles. The zero-order valence-corrected chi connectivity index (χ0v) is 9.40. The number of rotatable bonds is 2. The van der Waals surface area contributed by atoms with E-state index in [-0.39, 0.29) is 0 Å². The number of hydrogen-bond donors (Lipinski definition) is 0. The third-order valence-electron chi connectivity index (χ3n) is 2.31. The molecule has 0 saturated heterocycles. The van der Waals surface area contributed by atoms with Crippen molar-refractivity contribution in [3.05, 3.63) is 42.1 Å². The standard InChI is InChI=1S/C12H9F3N2O/c1-18-10-6-7-16-11(17-10)8-2-4-9(5-3-8)12(13,14)15/h2-7H,1H3. The van der Waals surface area contributed by atoms with Crippen molar-refractivity contribution in [2.24, 2.45) is 0 Å². The van der Waals surface area contributed by atoms with E-state index in [2.05, 4.69) is 9.97 Å². The van der Waals surface area contributed by atoms with Crippen LogP contribution in [0.4, 0.5) is 13.2 Å². The first-order valence-electron chi connectivity index (χ1n) is 5.05. The lowest BCUT2D eigenvalue weighted by molar-refractivity contribution is -0.137. The van der Waals surface area contributed by atoms with Gasteiger partial charge >= 0.3 is 6.18 Å². The maximum Gasteiger partial charge on any atom is 0.416 e. The summed E-state index contributed by atoms with van der Waals surface area (Å²) in [6.45, 7) is 0. The van der Waals surface area contributed by atoms with E-state index in [1.807, 2.05) is 0 Å². The Morgan fingerprint density at radius 3 is 2.28 bits per heavy atom. The normalized spacial score (nSPS) is 11.3. The quantitative estimate of drug-likeness (QED) is 0.825. The van der Waals surface area contributed by atoms with E-state index in [0.29, 0.717) is 17.3 Å². The maximum absolute atomic E-state index is 12.4. The Hall–Kier alpha value is -2.11. The molecule has 6 heteroatoms. The SMILES string of the molecule is COc1ccnc(-c2ccc(C(F)(F)F)cc2)n1. The fraction of sp³-hybridized carbons (Fsp3) is 0.167. The Balaban J connectivity index is 2.34. The van der Waals surface area contributed by atoms with Crippen LogP contribution in [0, 0.1) is 0 Å². The molecule has 0 N–H and O–H groups in total. The highest BCUT2D eigenvalue weighted by molar-refractivity contribution is 5.55. The largest absolute Gasteiger partial charge is 0.481 e. The molecule has 2 aromatic rings. The van der Waals surface area contributed by atoms with Gasteiger partial charge in [0.15, 0.2) is 5.82 Å². The van der Waals surface area contributed by atoms with Gasteiger partial charge in [0, 0.05) is 17.8 Å². The minimum atomic E-state index is -4.34. The summed E-state index contributed by atoms with van der Waals surface area (Å²) in [5, 5.41) is 0. The Labute approximate surface area is 101 Å². The molecule has 0 radical (unpaired) electrons. The van der Waals surface area contributed by atoms with Gasteiger partial charge in [0.05, 0.1) is 12.7 Å². The first-order valence-corrected chi connectivity index (χ1v) is 5.05. The highest BCUT2D eigenvalue weighted by atomic mass is 19.4. The second-order valence-electron chi connectivity index (χ2n) is 3.50. The molecule has 0 unspecified atom stereocenters. The number of ether oxygens (including phenoxy) is 1. The number of alkyl halides is 3.